The molecule has 2 rings (SSSR count). The molecule has 1 amide bonds. The zero-order valence-corrected chi connectivity index (χ0v) is 11.4. The van der Waals surface area contributed by atoms with E-state index in [2.05, 4.69) is 11.4 Å². The Hall–Kier alpha value is -0.670. The van der Waals surface area contributed by atoms with Crippen LogP contribution < -0.4 is 5.32 Å². The molecule has 2 nitrogen and oxygen atoms in total. The summed E-state index contributed by atoms with van der Waals surface area (Å²) >= 11 is 7.48. The largest absolute Gasteiger partial charge is 0.355 e. The molecule has 0 fully saturated rings. The number of hydrogen-bond donors (Lipinski definition) is 1. The number of rotatable bonds is 4. The van der Waals surface area contributed by atoms with Crippen LogP contribution >= 0.6 is 23.4 Å². The van der Waals surface area contributed by atoms with E-state index in [0.29, 0.717) is 18.3 Å². The third kappa shape index (κ3) is 2.96. The zero-order valence-electron chi connectivity index (χ0n) is 9.78. The van der Waals surface area contributed by atoms with Crippen molar-refractivity contribution in [1.29, 1.82) is 0 Å². The van der Waals surface area contributed by atoms with Gasteiger partial charge in [-0.15, -0.1) is 23.4 Å². The molecule has 1 aliphatic heterocycles. The van der Waals surface area contributed by atoms with Crippen molar-refractivity contribution in [3.05, 3.63) is 29.8 Å². The molecule has 0 saturated heterocycles. The van der Waals surface area contributed by atoms with Crippen molar-refractivity contribution in [1.82, 2.24) is 5.32 Å². The molecule has 1 aromatic carbocycles. The topological polar surface area (TPSA) is 29.1 Å². The van der Waals surface area contributed by atoms with Gasteiger partial charge >= 0.3 is 0 Å². The van der Waals surface area contributed by atoms with Crippen LogP contribution in [-0.2, 0) is 4.79 Å². The molecule has 0 aliphatic carbocycles. The summed E-state index contributed by atoms with van der Waals surface area (Å²) in [5, 5.41) is 2.98. The van der Waals surface area contributed by atoms with Crippen molar-refractivity contribution in [2.45, 2.75) is 17.7 Å². The van der Waals surface area contributed by atoms with Crippen molar-refractivity contribution < 1.29 is 4.79 Å². The number of halogens is 1. The number of carbonyl (C=O) groups is 1. The molecule has 92 valence electrons. The van der Waals surface area contributed by atoms with E-state index in [4.69, 9.17) is 11.6 Å². The molecule has 0 aromatic heterocycles. The number of fused-ring (bicyclic) bond motifs is 1. The second-order valence-corrected chi connectivity index (χ2v) is 5.78. The van der Waals surface area contributed by atoms with Gasteiger partial charge in [0.1, 0.15) is 0 Å². The molecular formula is C13H16ClNOS. The molecule has 1 aliphatic rings. The van der Waals surface area contributed by atoms with Crippen molar-refractivity contribution in [2.24, 2.45) is 5.92 Å². The van der Waals surface area contributed by atoms with Crippen LogP contribution in [0.4, 0.5) is 0 Å². The number of hydrogen-bond acceptors (Lipinski definition) is 2. The minimum Gasteiger partial charge on any atom is -0.355 e. The first kappa shape index (κ1) is 12.8. The Morgan fingerprint density at radius 2 is 2.35 bits per heavy atom. The molecule has 0 spiro atoms. The highest BCUT2D eigenvalue weighted by Gasteiger charge is 2.28. The average Bonchev–Trinajstić information content (AvgIpc) is 2.79. The fraction of sp³-hybridized carbons (Fsp3) is 0.462. The lowest BCUT2D eigenvalue weighted by molar-refractivity contribution is -0.122. The van der Waals surface area contributed by atoms with Crippen LogP contribution in [0.25, 0.3) is 0 Å². The van der Waals surface area contributed by atoms with Gasteiger partial charge in [0.05, 0.1) is 5.92 Å². The lowest BCUT2D eigenvalue weighted by atomic mass is 10.0. The lowest BCUT2D eigenvalue weighted by Gasteiger charge is -2.13. The maximum Gasteiger partial charge on any atom is 0.228 e. The summed E-state index contributed by atoms with van der Waals surface area (Å²) in [6.45, 7) is 2.69. The highest BCUT2D eigenvalue weighted by atomic mass is 35.5. The third-order valence-electron chi connectivity index (χ3n) is 2.90. The highest BCUT2D eigenvalue weighted by Crippen LogP contribution is 2.39. The number of alkyl halides is 1. The van der Waals surface area contributed by atoms with E-state index in [1.807, 2.05) is 25.1 Å². The highest BCUT2D eigenvalue weighted by molar-refractivity contribution is 7.99. The van der Waals surface area contributed by atoms with Gasteiger partial charge in [-0.3, -0.25) is 4.79 Å². The Kier molecular flexibility index (Phi) is 4.35. The van der Waals surface area contributed by atoms with Crippen LogP contribution in [0.1, 0.15) is 18.4 Å². The number of thioether (sulfide) groups is 1. The Morgan fingerprint density at radius 3 is 3.12 bits per heavy atom. The molecule has 1 N–H and O–H groups in total. The Bertz CT molecular complexity index is 410. The van der Waals surface area contributed by atoms with Gasteiger partial charge in [0, 0.05) is 23.1 Å². The summed E-state index contributed by atoms with van der Waals surface area (Å²) in [5.74, 6) is 1.87. The maximum atomic E-state index is 12.1. The van der Waals surface area contributed by atoms with Crippen LogP contribution in [0.5, 0.6) is 0 Å². The minimum absolute atomic E-state index is 0.00118. The van der Waals surface area contributed by atoms with Crippen molar-refractivity contribution in [3.8, 4) is 0 Å². The number of nitrogens with one attached hydrogen (secondary N) is 1. The maximum absolute atomic E-state index is 12.1. The molecule has 0 bridgehead atoms. The molecule has 17 heavy (non-hydrogen) atoms. The van der Waals surface area contributed by atoms with E-state index in [1.54, 1.807) is 11.8 Å². The third-order valence-corrected chi connectivity index (χ3v) is 4.61. The Morgan fingerprint density at radius 1 is 1.59 bits per heavy atom. The lowest BCUT2D eigenvalue weighted by Crippen LogP contribution is -2.33. The van der Waals surface area contributed by atoms with Gasteiger partial charge in [-0.2, -0.15) is 0 Å². The molecule has 2 atom stereocenters. The van der Waals surface area contributed by atoms with Gasteiger partial charge in [0.15, 0.2) is 0 Å². The normalized spacial score (nSPS) is 19.8. The number of amides is 1. The van der Waals surface area contributed by atoms with Gasteiger partial charge in [0.25, 0.3) is 0 Å². The van der Waals surface area contributed by atoms with Crippen LogP contribution in [0.2, 0.25) is 0 Å². The van der Waals surface area contributed by atoms with Crippen LogP contribution in [0.3, 0.4) is 0 Å². The molecule has 0 saturated carbocycles. The molecular weight excluding hydrogens is 254 g/mol. The summed E-state index contributed by atoms with van der Waals surface area (Å²) in [6.07, 6.45) is 0. The molecule has 0 radical (unpaired) electrons. The van der Waals surface area contributed by atoms with Crippen molar-refractivity contribution >= 4 is 29.3 Å². The molecule has 2 unspecified atom stereocenters. The van der Waals surface area contributed by atoms with Gasteiger partial charge in [-0.05, 0) is 17.5 Å². The fourth-order valence-electron chi connectivity index (χ4n) is 1.83. The smallest absolute Gasteiger partial charge is 0.228 e. The minimum atomic E-state index is -0.00118. The van der Waals surface area contributed by atoms with Crippen LogP contribution in [0, 0.1) is 5.92 Å². The van der Waals surface area contributed by atoms with Gasteiger partial charge < -0.3 is 5.32 Å². The van der Waals surface area contributed by atoms with Gasteiger partial charge in [-0.1, -0.05) is 25.1 Å². The first-order valence-corrected chi connectivity index (χ1v) is 7.29. The second-order valence-electron chi connectivity index (χ2n) is 4.41. The second kappa shape index (κ2) is 5.78. The first-order chi connectivity index (χ1) is 8.22. The van der Waals surface area contributed by atoms with E-state index >= 15 is 0 Å². The van der Waals surface area contributed by atoms with Gasteiger partial charge in [-0.25, -0.2) is 0 Å². The average molecular weight is 270 g/mol. The Labute approximate surface area is 111 Å². The van der Waals surface area contributed by atoms with E-state index in [1.165, 1.54) is 4.90 Å². The molecule has 1 heterocycles. The van der Waals surface area contributed by atoms with Crippen LogP contribution in [0.15, 0.2) is 29.2 Å². The van der Waals surface area contributed by atoms with E-state index in [-0.39, 0.29) is 11.8 Å². The monoisotopic (exact) mass is 269 g/mol. The quantitative estimate of drug-likeness (QED) is 0.852. The summed E-state index contributed by atoms with van der Waals surface area (Å²) < 4.78 is 0. The van der Waals surface area contributed by atoms with Gasteiger partial charge in [0.2, 0.25) is 5.91 Å². The predicted molar refractivity (Wildman–Crippen MR) is 72.8 cm³/mol. The van der Waals surface area contributed by atoms with E-state index < -0.39 is 0 Å². The number of carbonyl (C=O) groups excluding carboxylic acids is 1. The zero-order chi connectivity index (χ0) is 12.3. The van der Waals surface area contributed by atoms with Crippen molar-refractivity contribution in [3.63, 3.8) is 0 Å². The van der Waals surface area contributed by atoms with E-state index in [9.17, 15) is 4.79 Å². The molecule has 4 heteroatoms. The fourth-order valence-corrected chi connectivity index (χ4v) is 3.17. The summed E-state index contributed by atoms with van der Waals surface area (Å²) in [5.41, 5.74) is 1.16. The van der Waals surface area contributed by atoms with E-state index in [0.717, 1.165) is 11.3 Å². The Balaban J connectivity index is 1.98. The van der Waals surface area contributed by atoms with Crippen LogP contribution in [-0.4, -0.2) is 24.1 Å². The predicted octanol–water partition coefficient (Wildman–Crippen LogP) is 2.87. The van der Waals surface area contributed by atoms with Crippen molar-refractivity contribution in [2.75, 3.05) is 18.2 Å². The number of benzene rings is 1. The summed E-state index contributed by atoms with van der Waals surface area (Å²) in [7, 11) is 0. The first-order valence-electron chi connectivity index (χ1n) is 5.77. The standard InChI is InChI=1S/C13H16ClNOS/c1-9(6-14)7-15-13(16)11-8-17-12-5-3-2-4-10(11)12/h2-5,9,11H,6-8H2,1H3,(H,15,16). The summed E-state index contributed by atoms with van der Waals surface area (Å²) in [4.78, 5) is 13.3. The summed E-state index contributed by atoms with van der Waals surface area (Å²) in [6, 6.07) is 8.13. The SMILES string of the molecule is CC(CCl)CNC(=O)C1CSc2ccccc21. The molecule has 1 aromatic rings.